The molecule has 9 heteroatoms. The maximum atomic E-state index is 12.8. The SMILES string of the molecule is C=CC(NC)C(/C=C(\C)F)OC(C)C.CC(=Nc1cncnc1C)C(=O)NC1CCN(C)CC1. The summed E-state index contributed by atoms with van der Waals surface area (Å²) < 4.78 is 18.3. The molecule has 190 valence electrons. The van der Waals surface area contributed by atoms with Crippen LogP contribution in [0.1, 0.15) is 46.2 Å². The van der Waals surface area contributed by atoms with E-state index < -0.39 is 0 Å². The van der Waals surface area contributed by atoms with Gasteiger partial charge in [0.05, 0.1) is 36.0 Å². The number of ether oxygens (including phenoxy) is 1. The molecule has 1 aromatic rings. The van der Waals surface area contributed by atoms with Gasteiger partial charge in [0.1, 0.15) is 17.7 Å². The zero-order chi connectivity index (χ0) is 25.7. The molecule has 0 aliphatic carbocycles. The number of likely N-dealkylation sites (N-methyl/N-ethyl adjacent to an activating group) is 1. The second-order valence-electron chi connectivity index (χ2n) is 8.69. The molecule has 0 bridgehead atoms. The number of nitrogens with one attached hydrogen (secondary N) is 2. The Labute approximate surface area is 203 Å². The van der Waals surface area contributed by atoms with Gasteiger partial charge in [-0.3, -0.25) is 4.79 Å². The highest BCUT2D eigenvalue weighted by molar-refractivity contribution is 6.38. The van der Waals surface area contributed by atoms with Crippen molar-refractivity contribution in [1.82, 2.24) is 25.5 Å². The zero-order valence-electron chi connectivity index (χ0n) is 21.6. The first-order valence-corrected chi connectivity index (χ1v) is 11.7. The molecule has 1 fully saturated rings. The van der Waals surface area contributed by atoms with Crippen LogP contribution in [-0.4, -0.2) is 78.0 Å². The number of aliphatic imine (C=N–C) groups is 1. The third kappa shape index (κ3) is 11.1. The third-order valence-electron chi connectivity index (χ3n) is 5.32. The number of nitrogens with zero attached hydrogens (tertiary/aromatic N) is 4. The highest BCUT2D eigenvalue weighted by atomic mass is 19.1. The molecule has 0 spiro atoms. The average Bonchev–Trinajstić information content (AvgIpc) is 2.77. The molecule has 0 saturated carbocycles. The quantitative estimate of drug-likeness (QED) is 0.419. The van der Waals surface area contributed by atoms with Crippen molar-refractivity contribution in [3.8, 4) is 0 Å². The van der Waals surface area contributed by atoms with Gasteiger partial charge in [-0.2, -0.15) is 0 Å². The van der Waals surface area contributed by atoms with Gasteiger partial charge in [-0.1, -0.05) is 6.08 Å². The van der Waals surface area contributed by atoms with E-state index in [0.717, 1.165) is 31.6 Å². The topological polar surface area (TPSA) is 91.7 Å². The summed E-state index contributed by atoms with van der Waals surface area (Å²) in [5.41, 5.74) is 1.86. The predicted octanol–water partition coefficient (Wildman–Crippen LogP) is 3.52. The Hall–Kier alpha value is -2.49. The van der Waals surface area contributed by atoms with Gasteiger partial charge in [0.25, 0.3) is 5.91 Å². The number of rotatable bonds is 9. The number of allylic oxidation sites excluding steroid dienone is 1. The highest BCUT2D eigenvalue weighted by Gasteiger charge is 2.19. The standard InChI is InChI=1S/C14H21N5O.C11H20FNO/c1-10-13(8-15-9-16-10)17-11(2)14(20)18-12-4-6-19(3)7-5-12;1-6-10(13-5)11(7-9(4)12)14-8(2)3/h8-9,12H,4-7H2,1-3H3,(H,18,20);6-8,10-11,13H,1H2,2-5H3/b;9-7+. The number of halogens is 1. The second-order valence-corrected chi connectivity index (χ2v) is 8.69. The first kappa shape index (κ1) is 29.5. The van der Waals surface area contributed by atoms with Gasteiger partial charge in [-0.25, -0.2) is 19.4 Å². The number of hydrogen-bond acceptors (Lipinski definition) is 7. The molecule has 2 unspecified atom stereocenters. The fourth-order valence-corrected chi connectivity index (χ4v) is 3.35. The van der Waals surface area contributed by atoms with Gasteiger partial charge in [-0.05, 0) is 80.7 Å². The van der Waals surface area contributed by atoms with Crippen molar-refractivity contribution in [3.63, 3.8) is 0 Å². The number of carbonyl (C=O) groups excluding carboxylic acids is 1. The van der Waals surface area contributed by atoms with Crippen LogP contribution in [0.3, 0.4) is 0 Å². The number of aromatic nitrogens is 2. The molecule has 1 aliphatic rings. The van der Waals surface area contributed by atoms with Gasteiger partial charge in [-0.15, -0.1) is 6.58 Å². The van der Waals surface area contributed by atoms with Crippen molar-refractivity contribution in [2.75, 3.05) is 27.2 Å². The number of hydrogen-bond donors (Lipinski definition) is 2. The Morgan fingerprint density at radius 1 is 1.35 bits per heavy atom. The van der Waals surface area contributed by atoms with Crippen LogP contribution in [-0.2, 0) is 9.53 Å². The lowest BCUT2D eigenvalue weighted by Gasteiger charge is -2.29. The molecular formula is C25H41FN6O2. The fraction of sp³-hybridized carbons (Fsp3) is 0.600. The van der Waals surface area contributed by atoms with E-state index in [9.17, 15) is 9.18 Å². The molecular weight excluding hydrogens is 435 g/mol. The van der Waals surface area contributed by atoms with E-state index in [4.69, 9.17) is 4.74 Å². The second kappa shape index (κ2) is 15.4. The maximum absolute atomic E-state index is 12.8. The van der Waals surface area contributed by atoms with Crippen LogP contribution in [0.25, 0.3) is 0 Å². The summed E-state index contributed by atoms with van der Waals surface area (Å²) >= 11 is 0. The molecule has 2 heterocycles. The largest absolute Gasteiger partial charge is 0.369 e. The molecule has 1 aliphatic heterocycles. The van der Waals surface area contributed by atoms with Gasteiger partial charge in [0.2, 0.25) is 0 Å². The number of amides is 1. The van der Waals surface area contributed by atoms with E-state index in [-0.39, 0.29) is 36.0 Å². The van der Waals surface area contributed by atoms with Crippen molar-refractivity contribution in [3.05, 3.63) is 42.8 Å². The van der Waals surface area contributed by atoms with E-state index in [1.165, 1.54) is 19.3 Å². The Balaban J connectivity index is 0.000000365. The summed E-state index contributed by atoms with van der Waals surface area (Å²) in [6.07, 6.45) is 8.01. The number of piperidine rings is 1. The summed E-state index contributed by atoms with van der Waals surface area (Å²) in [5.74, 6) is -0.347. The van der Waals surface area contributed by atoms with Crippen LogP contribution in [0.4, 0.5) is 10.1 Å². The summed E-state index contributed by atoms with van der Waals surface area (Å²) in [6.45, 7) is 14.5. The van der Waals surface area contributed by atoms with Crippen molar-refractivity contribution in [2.24, 2.45) is 4.99 Å². The number of carbonyl (C=O) groups is 1. The smallest absolute Gasteiger partial charge is 0.265 e. The molecule has 2 N–H and O–H groups in total. The Bertz CT molecular complexity index is 830. The van der Waals surface area contributed by atoms with Crippen molar-refractivity contribution in [1.29, 1.82) is 0 Å². The molecule has 8 nitrogen and oxygen atoms in total. The van der Waals surface area contributed by atoms with Gasteiger partial charge >= 0.3 is 0 Å². The van der Waals surface area contributed by atoms with E-state index in [0.29, 0.717) is 11.4 Å². The maximum Gasteiger partial charge on any atom is 0.265 e. The third-order valence-corrected chi connectivity index (χ3v) is 5.32. The van der Waals surface area contributed by atoms with E-state index >= 15 is 0 Å². The first-order chi connectivity index (χ1) is 16.1. The molecule has 34 heavy (non-hydrogen) atoms. The summed E-state index contributed by atoms with van der Waals surface area (Å²) in [4.78, 5) is 26.7. The lowest BCUT2D eigenvalue weighted by Crippen LogP contribution is -2.45. The van der Waals surface area contributed by atoms with Gasteiger partial charge < -0.3 is 20.3 Å². The van der Waals surface area contributed by atoms with Crippen molar-refractivity contribution in [2.45, 2.75) is 71.8 Å². The average molecular weight is 477 g/mol. The van der Waals surface area contributed by atoms with E-state index in [1.807, 2.05) is 20.8 Å². The first-order valence-electron chi connectivity index (χ1n) is 11.7. The van der Waals surface area contributed by atoms with E-state index in [2.05, 4.69) is 44.1 Å². The summed E-state index contributed by atoms with van der Waals surface area (Å²) in [5, 5.41) is 6.05. The zero-order valence-corrected chi connectivity index (χ0v) is 21.6. The summed E-state index contributed by atoms with van der Waals surface area (Å²) in [7, 11) is 3.90. The Morgan fingerprint density at radius 2 is 2.00 bits per heavy atom. The van der Waals surface area contributed by atoms with Crippen molar-refractivity contribution < 1.29 is 13.9 Å². The van der Waals surface area contributed by atoms with Gasteiger partial charge in [0, 0.05) is 6.04 Å². The minimum Gasteiger partial charge on any atom is -0.369 e. The van der Waals surface area contributed by atoms with Crippen LogP contribution >= 0.6 is 0 Å². The molecule has 2 rings (SSSR count). The Morgan fingerprint density at radius 3 is 2.50 bits per heavy atom. The van der Waals surface area contributed by atoms with Crippen LogP contribution in [0, 0.1) is 6.92 Å². The van der Waals surface area contributed by atoms with Gasteiger partial charge in [0.15, 0.2) is 0 Å². The molecule has 2 atom stereocenters. The fourth-order valence-electron chi connectivity index (χ4n) is 3.35. The molecule has 1 amide bonds. The number of aryl methyl sites for hydroxylation is 1. The minimum atomic E-state index is -0.303. The summed E-state index contributed by atoms with van der Waals surface area (Å²) in [6, 6.07) is 0.181. The lowest BCUT2D eigenvalue weighted by molar-refractivity contribution is -0.115. The predicted molar refractivity (Wildman–Crippen MR) is 136 cm³/mol. The molecule has 1 aromatic heterocycles. The van der Waals surface area contributed by atoms with E-state index in [1.54, 1.807) is 26.2 Å². The number of likely N-dealkylation sites (tertiary alicyclic amines) is 1. The lowest BCUT2D eigenvalue weighted by atomic mass is 10.1. The van der Waals surface area contributed by atoms with Crippen LogP contribution in [0.15, 0.2) is 42.1 Å². The molecule has 1 saturated heterocycles. The minimum absolute atomic E-state index is 0.0615. The van der Waals surface area contributed by atoms with Crippen LogP contribution < -0.4 is 10.6 Å². The van der Waals surface area contributed by atoms with Crippen LogP contribution in [0.2, 0.25) is 0 Å². The van der Waals surface area contributed by atoms with Crippen molar-refractivity contribution >= 4 is 17.3 Å². The normalized spacial score (nSPS) is 17.6. The molecule has 0 aromatic carbocycles. The highest BCUT2D eigenvalue weighted by Crippen LogP contribution is 2.14. The van der Waals surface area contributed by atoms with Crippen LogP contribution in [0.5, 0.6) is 0 Å². The molecule has 0 radical (unpaired) electrons. The Kier molecular flexibility index (Phi) is 13.4. The monoisotopic (exact) mass is 476 g/mol.